The Labute approximate surface area is 426 Å². The minimum absolute atomic E-state index is 0.139. The quantitative estimate of drug-likeness (QED) is 0.0361. The number of carbonyl (C=O) groups excluding carboxylic acids is 1. The van der Waals surface area contributed by atoms with Crippen molar-refractivity contribution < 1.29 is 20.1 Å². The average molecular weight is 959 g/mol. The Hall–Kier alpha value is -1.17. The van der Waals surface area contributed by atoms with Crippen molar-refractivity contribution in [3.63, 3.8) is 0 Å². The molecule has 4 N–H and O–H groups in total. The van der Waals surface area contributed by atoms with Crippen LogP contribution >= 0.6 is 0 Å². The molecular weight excluding hydrogens is 835 g/mol. The van der Waals surface area contributed by atoms with Gasteiger partial charge in [-0.2, -0.15) is 0 Å². The van der Waals surface area contributed by atoms with Gasteiger partial charge in [-0.15, -0.1) is 0 Å². The lowest BCUT2D eigenvalue weighted by molar-refractivity contribution is -0.124. The van der Waals surface area contributed by atoms with Crippen LogP contribution in [-0.4, -0.2) is 46.1 Å². The number of rotatable bonds is 58. The maximum absolute atomic E-state index is 12.5. The van der Waals surface area contributed by atoms with Crippen molar-refractivity contribution in [1.29, 1.82) is 0 Å². The van der Waals surface area contributed by atoms with Crippen molar-refractivity contribution in [2.24, 2.45) is 0 Å². The van der Waals surface area contributed by atoms with Crippen molar-refractivity contribution in [2.75, 3.05) is 6.61 Å². The zero-order valence-corrected chi connectivity index (χ0v) is 46.3. The van der Waals surface area contributed by atoms with Crippen molar-refractivity contribution in [2.45, 2.75) is 366 Å². The van der Waals surface area contributed by atoms with Gasteiger partial charge in [-0.25, -0.2) is 0 Å². The molecule has 0 aromatic rings. The highest BCUT2D eigenvalue weighted by atomic mass is 16.3. The van der Waals surface area contributed by atoms with Gasteiger partial charge in [-0.1, -0.05) is 321 Å². The third-order valence-corrected chi connectivity index (χ3v) is 14.8. The number of aliphatic hydroxyl groups excluding tert-OH is 3. The van der Waals surface area contributed by atoms with Crippen LogP contribution < -0.4 is 5.32 Å². The van der Waals surface area contributed by atoms with Crippen LogP contribution in [0.25, 0.3) is 0 Å². The van der Waals surface area contributed by atoms with Gasteiger partial charge in [-0.3, -0.25) is 4.79 Å². The van der Waals surface area contributed by atoms with Gasteiger partial charge in [0.15, 0.2) is 0 Å². The molecule has 0 aliphatic carbocycles. The van der Waals surface area contributed by atoms with Gasteiger partial charge in [-0.05, 0) is 44.9 Å². The van der Waals surface area contributed by atoms with E-state index in [0.29, 0.717) is 12.8 Å². The number of hydrogen-bond donors (Lipinski definition) is 4. The van der Waals surface area contributed by atoms with Crippen molar-refractivity contribution in [3.8, 4) is 0 Å². The topological polar surface area (TPSA) is 89.8 Å². The first-order chi connectivity index (χ1) is 33.6. The zero-order chi connectivity index (χ0) is 49.3. The van der Waals surface area contributed by atoms with E-state index in [0.717, 1.165) is 44.9 Å². The number of carbonyl (C=O) groups is 1. The molecule has 0 spiro atoms. The first-order valence-electron chi connectivity index (χ1n) is 31.1. The number of amides is 1. The predicted octanol–water partition coefficient (Wildman–Crippen LogP) is 19.6. The van der Waals surface area contributed by atoms with Gasteiger partial charge >= 0.3 is 0 Å². The normalized spacial score (nSPS) is 13.3. The molecule has 5 nitrogen and oxygen atoms in total. The molecule has 5 heteroatoms. The second-order valence-electron chi connectivity index (χ2n) is 21.6. The van der Waals surface area contributed by atoms with Crippen LogP contribution in [0.3, 0.4) is 0 Å². The summed E-state index contributed by atoms with van der Waals surface area (Å²) in [4.78, 5) is 12.5. The average Bonchev–Trinajstić information content (AvgIpc) is 3.34. The smallest absolute Gasteiger partial charge is 0.220 e. The van der Waals surface area contributed by atoms with E-state index in [2.05, 4.69) is 43.5 Å². The highest BCUT2D eigenvalue weighted by Gasteiger charge is 2.26. The van der Waals surface area contributed by atoms with Crippen molar-refractivity contribution in [3.05, 3.63) is 24.3 Å². The number of nitrogens with one attached hydrogen (secondary N) is 1. The second kappa shape index (κ2) is 58.4. The Kier molecular flexibility index (Phi) is 57.4. The van der Waals surface area contributed by atoms with Gasteiger partial charge < -0.3 is 20.6 Å². The molecule has 3 atom stereocenters. The van der Waals surface area contributed by atoms with E-state index < -0.39 is 18.2 Å². The lowest BCUT2D eigenvalue weighted by Gasteiger charge is -2.26. The molecule has 0 saturated heterocycles. The van der Waals surface area contributed by atoms with Crippen LogP contribution in [0.2, 0.25) is 0 Å². The Morgan fingerprint density at radius 2 is 0.632 bits per heavy atom. The van der Waals surface area contributed by atoms with E-state index in [-0.39, 0.29) is 12.5 Å². The summed E-state index contributed by atoms with van der Waals surface area (Å²) in [6, 6.07) is -0.807. The minimum Gasteiger partial charge on any atom is -0.394 e. The molecule has 3 unspecified atom stereocenters. The highest BCUT2D eigenvalue weighted by molar-refractivity contribution is 5.76. The fourth-order valence-corrected chi connectivity index (χ4v) is 10.0. The van der Waals surface area contributed by atoms with E-state index in [1.54, 1.807) is 0 Å². The highest BCUT2D eigenvalue weighted by Crippen LogP contribution is 2.18. The lowest BCUT2D eigenvalue weighted by Crippen LogP contribution is -2.50. The molecule has 0 radical (unpaired) electrons. The molecule has 0 heterocycles. The molecule has 1 amide bonds. The van der Waals surface area contributed by atoms with E-state index in [1.807, 2.05) is 0 Å². The molecule has 0 bridgehead atoms. The summed E-state index contributed by atoms with van der Waals surface area (Å²) in [5.74, 6) is -0.139. The van der Waals surface area contributed by atoms with E-state index in [4.69, 9.17) is 0 Å². The van der Waals surface area contributed by atoms with Crippen LogP contribution in [-0.2, 0) is 4.79 Å². The predicted molar refractivity (Wildman–Crippen MR) is 301 cm³/mol. The number of unbranched alkanes of at least 4 members (excludes halogenated alkanes) is 46. The SMILES string of the molecule is CCCCCCCCCCCCCCCCC/C=C\C/C=C\CCCCCCCCCCCCCCCCCCCC(=O)NC(CO)C(O)C(O)CCCCCCCCCCCCCCCCC. The minimum atomic E-state index is -1.13. The Bertz CT molecular complexity index is 1010. The molecule has 0 aliphatic heterocycles. The molecule has 0 aromatic carbocycles. The molecule has 68 heavy (non-hydrogen) atoms. The van der Waals surface area contributed by atoms with Crippen LogP contribution in [0.5, 0.6) is 0 Å². The molecule has 0 aromatic heterocycles. The Balaban J connectivity index is 3.44. The monoisotopic (exact) mass is 958 g/mol. The Morgan fingerprint density at radius 3 is 0.926 bits per heavy atom. The first-order valence-corrected chi connectivity index (χ1v) is 31.1. The van der Waals surface area contributed by atoms with E-state index in [9.17, 15) is 20.1 Å². The maximum Gasteiger partial charge on any atom is 0.220 e. The third kappa shape index (κ3) is 52.6. The van der Waals surface area contributed by atoms with Crippen LogP contribution in [0, 0.1) is 0 Å². The summed E-state index contributed by atoms with van der Waals surface area (Å²) < 4.78 is 0. The second-order valence-corrected chi connectivity index (χ2v) is 21.6. The summed E-state index contributed by atoms with van der Waals surface area (Å²) in [5.41, 5.74) is 0. The first kappa shape index (κ1) is 66.8. The molecule has 0 saturated carbocycles. The van der Waals surface area contributed by atoms with E-state index in [1.165, 1.54) is 276 Å². The summed E-state index contributed by atoms with van der Waals surface area (Å²) in [5, 5.41) is 33.8. The third-order valence-electron chi connectivity index (χ3n) is 14.8. The fraction of sp³-hybridized carbons (Fsp3) is 0.921. The molecular formula is C63H123NO4. The zero-order valence-electron chi connectivity index (χ0n) is 46.3. The summed E-state index contributed by atoms with van der Waals surface area (Å²) >= 11 is 0. The van der Waals surface area contributed by atoms with Crippen LogP contribution in [0.1, 0.15) is 348 Å². The standard InChI is InChI=1S/C63H123NO4/c1-3-5-7-9-11-13-15-17-19-20-21-22-23-24-25-26-27-28-29-30-31-32-33-34-35-36-37-38-39-40-41-42-44-46-48-50-52-54-56-58-62(67)64-60(59-65)63(68)61(66)57-55-53-51-49-47-45-43-18-16-14-12-10-8-6-4-2/h27-28,30-31,60-61,63,65-66,68H,3-26,29,32-59H2,1-2H3,(H,64,67)/b28-27-,31-30-. The maximum atomic E-state index is 12.5. The largest absolute Gasteiger partial charge is 0.394 e. The van der Waals surface area contributed by atoms with Gasteiger partial charge in [0.05, 0.1) is 18.8 Å². The van der Waals surface area contributed by atoms with Crippen molar-refractivity contribution in [1.82, 2.24) is 5.32 Å². The summed E-state index contributed by atoms with van der Waals surface area (Å²) in [6.07, 6.45) is 75.1. The Morgan fingerprint density at radius 1 is 0.368 bits per heavy atom. The van der Waals surface area contributed by atoms with Crippen molar-refractivity contribution >= 4 is 5.91 Å². The lowest BCUT2D eigenvalue weighted by atomic mass is 9.99. The summed E-state index contributed by atoms with van der Waals surface area (Å²) in [7, 11) is 0. The molecule has 0 fully saturated rings. The fourth-order valence-electron chi connectivity index (χ4n) is 10.0. The van der Waals surface area contributed by atoms with Gasteiger partial charge in [0.2, 0.25) is 5.91 Å². The van der Waals surface area contributed by atoms with Gasteiger partial charge in [0.25, 0.3) is 0 Å². The van der Waals surface area contributed by atoms with Crippen LogP contribution in [0.4, 0.5) is 0 Å². The molecule has 404 valence electrons. The molecule has 0 rings (SSSR count). The van der Waals surface area contributed by atoms with Crippen LogP contribution in [0.15, 0.2) is 24.3 Å². The number of hydrogen-bond acceptors (Lipinski definition) is 4. The van der Waals surface area contributed by atoms with E-state index >= 15 is 0 Å². The summed E-state index contributed by atoms with van der Waals surface area (Å²) in [6.45, 7) is 4.21. The number of allylic oxidation sites excluding steroid dienone is 4. The van der Waals surface area contributed by atoms with Gasteiger partial charge in [0, 0.05) is 6.42 Å². The number of aliphatic hydroxyl groups is 3. The van der Waals surface area contributed by atoms with Gasteiger partial charge in [0.1, 0.15) is 6.10 Å². The molecule has 0 aliphatic rings.